The average Bonchev–Trinajstić information content (AvgIpc) is 2.63. The molecule has 0 amide bonds. The highest BCUT2D eigenvalue weighted by Gasteiger charge is 2.05. The molecule has 0 aliphatic heterocycles. The summed E-state index contributed by atoms with van der Waals surface area (Å²) in [4.78, 5) is 0. The Balaban J connectivity index is 2.70. The molecule has 0 bridgehead atoms. The number of alkyl halides is 1. The van der Waals surface area contributed by atoms with Gasteiger partial charge in [0.25, 0.3) is 0 Å². The number of rotatable bonds is 2. The first-order valence-electron chi connectivity index (χ1n) is 3.95. The van der Waals surface area contributed by atoms with Gasteiger partial charge >= 0.3 is 0 Å². The summed E-state index contributed by atoms with van der Waals surface area (Å²) in [6, 6.07) is 5.92. The summed E-state index contributed by atoms with van der Waals surface area (Å²) in [6.45, 7) is 0. The van der Waals surface area contributed by atoms with Crippen molar-refractivity contribution in [2.75, 3.05) is 7.11 Å². The number of hydrogen-bond donors (Lipinski definition) is 0. The third kappa shape index (κ3) is 1.44. The fourth-order valence-corrected chi connectivity index (χ4v) is 1.66. The molecule has 2 aromatic rings. The minimum absolute atomic E-state index is 0.806. The molecule has 3 heteroatoms. The van der Waals surface area contributed by atoms with Crippen molar-refractivity contribution in [3.05, 3.63) is 30.0 Å². The molecule has 1 aromatic carbocycles. The van der Waals surface area contributed by atoms with E-state index in [0.29, 0.717) is 0 Å². The van der Waals surface area contributed by atoms with Gasteiger partial charge in [-0.2, -0.15) is 0 Å². The zero-order valence-corrected chi connectivity index (χ0v) is 8.80. The van der Waals surface area contributed by atoms with Crippen molar-refractivity contribution in [3.63, 3.8) is 0 Å². The number of methoxy groups -OCH3 is 1. The first kappa shape index (κ1) is 8.63. The molecule has 0 radical (unpaired) electrons. The Morgan fingerprint density at radius 2 is 2.31 bits per heavy atom. The lowest BCUT2D eigenvalue weighted by Gasteiger charge is -2.03. The lowest BCUT2D eigenvalue weighted by Crippen LogP contribution is -1.85. The molecule has 1 aromatic heterocycles. The van der Waals surface area contributed by atoms with E-state index in [1.165, 1.54) is 0 Å². The monoisotopic (exact) mass is 240 g/mol. The van der Waals surface area contributed by atoms with Gasteiger partial charge in [-0.3, -0.25) is 0 Å². The molecule has 0 unspecified atom stereocenters. The van der Waals surface area contributed by atoms with Gasteiger partial charge in [0.1, 0.15) is 11.3 Å². The highest BCUT2D eigenvalue weighted by molar-refractivity contribution is 9.08. The third-order valence-electron chi connectivity index (χ3n) is 1.97. The summed E-state index contributed by atoms with van der Waals surface area (Å²) in [5.41, 5.74) is 2.02. The third-order valence-corrected chi connectivity index (χ3v) is 2.62. The average molecular weight is 241 g/mol. The number of fused-ring (bicyclic) bond motifs is 1. The molecular formula is C10H9BrO2. The summed E-state index contributed by atoms with van der Waals surface area (Å²) >= 11 is 3.40. The maximum atomic E-state index is 5.30. The van der Waals surface area contributed by atoms with Crippen LogP contribution in [0, 0.1) is 0 Å². The maximum absolute atomic E-state index is 5.30. The lowest BCUT2D eigenvalue weighted by atomic mass is 10.2. The van der Waals surface area contributed by atoms with Crippen molar-refractivity contribution >= 4 is 26.9 Å². The van der Waals surface area contributed by atoms with Crippen LogP contribution in [-0.2, 0) is 5.33 Å². The number of ether oxygens (including phenoxy) is 1. The maximum Gasteiger partial charge on any atom is 0.137 e. The number of halogens is 1. The van der Waals surface area contributed by atoms with Crippen molar-refractivity contribution in [1.82, 2.24) is 0 Å². The zero-order chi connectivity index (χ0) is 9.26. The standard InChI is InChI=1S/C10H9BrO2/c1-12-9-4-7(6-11)5-10-8(9)2-3-13-10/h2-5H,6H2,1H3. The van der Waals surface area contributed by atoms with Crippen LogP contribution in [0.15, 0.2) is 28.9 Å². The minimum atomic E-state index is 0.806. The van der Waals surface area contributed by atoms with E-state index in [4.69, 9.17) is 9.15 Å². The Kier molecular flexibility index (Phi) is 2.27. The van der Waals surface area contributed by atoms with E-state index in [0.717, 1.165) is 27.6 Å². The molecule has 68 valence electrons. The molecule has 0 saturated heterocycles. The summed E-state index contributed by atoms with van der Waals surface area (Å²) in [5, 5.41) is 1.83. The summed E-state index contributed by atoms with van der Waals surface area (Å²) in [5.74, 6) is 0.862. The normalized spacial score (nSPS) is 10.6. The Morgan fingerprint density at radius 3 is 3.00 bits per heavy atom. The molecule has 13 heavy (non-hydrogen) atoms. The van der Waals surface area contributed by atoms with Crippen LogP contribution in [0.25, 0.3) is 11.0 Å². The van der Waals surface area contributed by atoms with Crippen molar-refractivity contribution in [3.8, 4) is 5.75 Å². The number of furan rings is 1. The van der Waals surface area contributed by atoms with E-state index in [1.54, 1.807) is 13.4 Å². The minimum Gasteiger partial charge on any atom is -0.496 e. The van der Waals surface area contributed by atoms with Crippen LogP contribution in [-0.4, -0.2) is 7.11 Å². The van der Waals surface area contributed by atoms with Gasteiger partial charge in [0, 0.05) is 5.33 Å². The van der Waals surface area contributed by atoms with Gasteiger partial charge in [0.15, 0.2) is 0 Å². The van der Waals surface area contributed by atoms with Crippen LogP contribution >= 0.6 is 15.9 Å². The van der Waals surface area contributed by atoms with E-state index in [1.807, 2.05) is 18.2 Å². The van der Waals surface area contributed by atoms with Gasteiger partial charge in [0.2, 0.25) is 0 Å². The topological polar surface area (TPSA) is 22.4 Å². The predicted molar refractivity (Wildman–Crippen MR) is 55.4 cm³/mol. The van der Waals surface area contributed by atoms with Crippen LogP contribution < -0.4 is 4.74 Å². The molecule has 2 nitrogen and oxygen atoms in total. The van der Waals surface area contributed by atoms with E-state index in [2.05, 4.69) is 15.9 Å². The predicted octanol–water partition coefficient (Wildman–Crippen LogP) is 3.34. The number of benzene rings is 1. The summed E-state index contributed by atoms with van der Waals surface area (Å²) < 4.78 is 10.5. The van der Waals surface area contributed by atoms with Gasteiger partial charge in [-0.15, -0.1) is 0 Å². The molecular weight excluding hydrogens is 232 g/mol. The highest BCUT2D eigenvalue weighted by atomic mass is 79.9. The molecule has 0 N–H and O–H groups in total. The second kappa shape index (κ2) is 3.42. The molecule has 0 atom stereocenters. The van der Waals surface area contributed by atoms with E-state index in [-0.39, 0.29) is 0 Å². The Labute approximate surface area is 84.6 Å². The molecule has 1 heterocycles. The van der Waals surface area contributed by atoms with E-state index < -0.39 is 0 Å². The molecule has 0 spiro atoms. The second-order valence-electron chi connectivity index (χ2n) is 2.76. The SMILES string of the molecule is COc1cc(CBr)cc2occc12. The number of hydrogen-bond acceptors (Lipinski definition) is 2. The Hall–Kier alpha value is -0.960. The van der Waals surface area contributed by atoms with Crippen LogP contribution in [0.4, 0.5) is 0 Å². The fraction of sp³-hybridized carbons (Fsp3) is 0.200. The van der Waals surface area contributed by atoms with Gasteiger partial charge < -0.3 is 9.15 Å². The van der Waals surface area contributed by atoms with Crippen molar-refractivity contribution in [2.45, 2.75) is 5.33 Å². The quantitative estimate of drug-likeness (QED) is 0.752. The molecule has 0 aliphatic rings. The van der Waals surface area contributed by atoms with Gasteiger partial charge in [0.05, 0.1) is 18.8 Å². The van der Waals surface area contributed by atoms with E-state index in [9.17, 15) is 0 Å². The summed E-state index contributed by atoms with van der Waals surface area (Å²) in [6.07, 6.45) is 1.67. The van der Waals surface area contributed by atoms with Crippen LogP contribution in [0.5, 0.6) is 5.75 Å². The van der Waals surface area contributed by atoms with Crippen molar-refractivity contribution in [2.24, 2.45) is 0 Å². The lowest BCUT2D eigenvalue weighted by molar-refractivity contribution is 0.419. The largest absolute Gasteiger partial charge is 0.496 e. The van der Waals surface area contributed by atoms with Crippen LogP contribution in [0.1, 0.15) is 5.56 Å². The highest BCUT2D eigenvalue weighted by Crippen LogP contribution is 2.28. The summed E-state index contributed by atoms with van der Waals surface area (Å²) in [7, 11) is 1.67. The molecule has 0 saturated carbocycles. The van der Waals surface area contributed by atoms with Crippen molar-refractivity contribution in [1.29, 1.82) is 0 Å². The molecule has 0 aliphatic carbocycles. The molecule has 0 fully saturated rings. The first-order chi connectivity index (χ1) is 6.35. The molecule has 2 rings (SSSR count). The zero-order valence-electron chi connectivity index (χ0n) is 7.21. The second-order valence-corrected chi connectivity index (χ2v) is 3.32. The van der Waals surface area contributed by atoms with Gasteiger partial charge in [-0.25, -0.2) is 0 Å². The van der Waals surface area contributed by atoms with E-state index >= 15 is 0 Å². The van der Waals surface area contributed by atoms with Crippen LogP contribution in [0.2, 0.25) is 0 Å². The van der Waals surface area contributed by atoms with Crippen LogP contribution in [0.3, 0.4) is 0 Å². The Bertz CT molecular complexity index is 420. The van der Waals surface area contributed by atoms with Crippen molar-refractivity contribution < 1.29 is 9.15 Å². The first-order valence-corrected chi connectivity index (χ1v) is 5.07. The van der Waals surface area contributed by atoms with Gasteiger partial charge in [-0.1, -0.05) is 15.9 Å². The Morgan fingerprint density at radius 1 is 1.46 bits per heavy atom. The smallest absolute Gasteiger partial charge is 0.137 e. The van der Waals surface area contributed by atoms with Gasteiger partial charge in [-0.05, 0) is 23.8 Å². The fourth-order valence-electron chi connectivity index (χ4n) is 1.34.